The van der Waals surface area contributed by atoms with Gasteiger partial charge >= 0.3 is 0 Å². The van der Waals surface area contributed by atoms with Crippen molar-refractivity contribution in [2.24, 2.45) is 0 Å². The van der Waals surface area contributed by atoms with Gasteiger partial charge in [0.2, 0.25) is 0 Å². The molecule has 0 aliphatic rings. The van der Waals surface area contributed by atoms with Crippen molar-refractivity contribution in [3.8, 4) is 16.4 Å². The van der Waals surface area contributed by atoms with Crippen LogP contribution in [0.15, 0.2) is 52.4 Å². The molecule has 3 rings (SSSR count). The lowest BCUT2D eigenvalue weighted by Crippen LogP contribution is -2.25. The Balaban J connectivity index is 1.56. The van der Waals surface area contributed by atoms with Gasteiger partial charge in [-0.1, -0.05) is 23.4 Å². The molecule has 0 spiro atoms. The first-order valence-corrected chi connectivity index (χ1v) is 7.67. The number of aromatic nitrogens is 1. The lowest BCUT2D eigenvalue weighted by Gasteiger charge is -2.03. The highest BCUT2D eigenvalue weighted by molar-refractivity contribution is 7.13. The van der Waals surface area contributed by atoms with Gasteiger partial charge in [-0.25, -0.2) is 0 Å². The number of benzene rings is 1. The van der Waals surface area contributed by atoms with Crippen LogP contribution in [0.25, 0.3) is 10.6 Å². The van der Waals surface area contributed by atoms with Gasteiger partial charge in [0.05, 0.1) is 4.88 Å². The zero-order chi connectivity index (χ0) is 15.4. The lowest BCUT2D eigenvalue weighted by molar-refractivity contribution is 0.0945. The number of carbonyl (C=O) groups excluding carboxylic acids is 1. The largest absolute Gasteiger partial charge is 0.508 e. The fourth-order valence-corrected chi connectivity index (χ4v) is 2.71. The Bertz CT molecular complexity index is 765. The number of rotatable bonds is 5. The van der Waals surface area contributed by atoms with Gasteiger partial charge in [-0.3, -0.25) is 4.79 Å². The molecule has 22 heavy (non-hydrogen) atoms. The average Bonchev–Trinajstić information content (AvgIpc) is 3.18. The van der Waals surface area contributed by atoms with Crippen molar-refractivity contribution in [3.63, 3.8) is 0 Å². The summed E-state index contributed by atoms with van der Waals surface area (Å²) in [5.74, 6) is 0.542. The molecule has 0 saturated heterocycles. The van der Waals surface area contributed by atoms with E-state index in [4.69, 9.17) is 4.52 Å². The Kier molecular flexibility index (Phi) is 4.20. The van der Waals surface area contributed by atoms with Crippen molar-refractivity contribution in [3.05, 3.63) is 59.1 Å². The molecular formula is C16H14N2O3S. The van der Waals surface area contributed by atoms with E-state index in [0.29, 0.717) is 18.7 Å². The minimum atomic E-state index is -0.272. The molecule has 0 atom stereocenters. The quantitative estimate of drug-likeness (QED) is 0.759. The third kappa shape index (κ3) is 3.35. The predicted octanol–water partition coefficient (Wildman–Crippen LogP) is 3.08. The number of nitrogens with zero attached hydrogens (tertiary/aromatic N) is 1. The SMILES string of the molecule is O=C(NCCc1cccc(O)c1)c1cc(-c2cccs2)on1. The van der Waals surface area contributed by atoms with Crippen LogP contribution in [0.4, 0.5) is 0 Å². The van der Waals surface area contributed by atoms with Crippen LogP contribution < -0.4 is 5.32 Å². The third-order valence-electron chi connectivity index (χ3n) is 3.12. The van der Waals surface area contributed by atoms with Crippen molar-refractivity contribution < 1.29 is 14.4 Å². The van der Waals surface area contributed by atoms with E-state index in [1.165, 1.54) is 11.3 Å². The average molecular weight is 314 g/mol. The van der Waals surface area contributed by atoms with Crippen LogP contribution in [0.2, 0.25) is 0 Å². The number of hydrogen-bond acceptors (Lipinski definition) is 5. The Hall–Kier alpha value is -2.60. The van der Waals surface area contributed by atoms with E-state index in [1.54, 1.807) is 24.3 Å². The molecule has 0 aliphatic carbocycles. The van der Waals surface area contributed by atoms with Gasteiger partial charge < -0.3 is 14.9 Å². The molecule has 0 bridgehead atoms. The molecule has 5 nitrogen and oxygen atoms in total. The van der Waals surface area contributed by atoms with Crippen molar-refractivity contribution in [2.75, 3.05) is 6.54 Å². The summed E-state index contributed by atoms with van der Waals surface area (Å²) in [7, 11) is 0. The molecule has 112 valence electrons. The fraction of sp³-hybridized carbons (Fsp3) is 0.125. The number of hydrogen-bond donors (Lipinski definition) is 2. The molecule has 2 aromatic heterocycles. The highest BCUT2D eigenvalue weighted by Gasteiger charge is 2.13. The molecular weight excluding hydrogens is 300 g/mol. The Labute approximate surface area is 131 Å². The van der Waals surface area contributed by atoms with Crippen LogP contribution >= 0.6 is 11.3 Å². The maximum Gasteiger partial charge on any atom is 0.273 e. The number of amides is 1. The second kappa shape index (κ2) is 6.44. The second-order valence-corrected chi connectivity index (χ2v) is 5.68. The number of nitrogens with one attached hydrogen (secondary N) is 1. The van der Waals surface area contributed by atoms with E-state index in [9.17, 15) is 9.90 Å². The number of thiophene rings is 1. The minimum Gasteiger partial charge on any atom is -0.508 e. The summed E-state index contributed by atoms with van der Waals surface area (Å²) in [4.78, 5) is 12.9. The first-order valence-electron chi connectivity index (χ1n) is 6.79. The molecule has 0 aliphatic heterocycles. The highest BCUT2D eigenvalue weighted by Crippen LogP contribution is 2.25. The smallest absolute Gasteiger partial charge is 0.273 e. The highest BCUT2D eigenvalue weighted by atomic mass is 32.1. The summed E-state index contributed by atoms with van der Waals surface area (Å²) in [6, 6.07) is 12.4. The summed E-state index contributed by atoms with van der Waals surface area (Å²) >= 11 is 1.53. The number of phenolic OH excluding ortho intramolecular Hbond substituents is 1. The molecule has 2 heterocycles. The topological polar surface area (TPSA) is 75.4 Å². The van der Waals surface area contributed by atoms with Gasteiger partial charge in [0.15, 0.2) is 11.5 Å². The Morgan fingerprint density at radius 1 is 1.27 bits per heavy atom. The number of phenols is 1. The molecule has 0 saturated carbocycles. The fourth-order valence-electron chi connectivity index (χ4n) is 2.04. The molecule has 3 aromatic rings. The maximum absolute atomic E-state index is 12.0. The Morgan fingerprint density at radius 3 is 2.95 bits per heavy atom. The molecule has 0 radical (unpaired) electrons. The van der Waals surface area contributed by atoms with Crippen molar-refractivity contribution in [2.45, 2.75) is 6.42 Å². The first kappa shape index (κ1) is 14.3. The van der Waals surface area contributed by atoms with Crippen molar-refractivity contribution in [1.29, 1.82) is 0 Å². The van der Waals surface area contributed by atoms with E-state index in [-0.39, 0.29) is 17.4 Å². The number of carbonyl (C=O) groups is 1. The molecule has 1 aromatic carbocycles. The van der Waals surface area contributed by atoms with Gasteiger partial charge in [-0.05, 0) is 35.6 Å². The molecule has 2 N–H and O–H groups in total. The van der Waals surface area contributed by atoms with E-state index >= 15 is 0 Å². The predicted molar refractivity (Wildman–Crippen MR) is 84.0 cm³/mol. The van der Waals surface area contributed by atoms with Gasteiger partial charge in [0, 0.05) is 12.6 Å². The van der Waals surface area contributed by atoms with Gasteiger partial charge in [0.1, 0.15) is 5.75 Å². The summed E-state index contributed by atoms with van der Waals surface area (Å²) in [5, 5.41) is 17.9. The van der Waals surface area contributed by atoms with Crippen LogP contribution in [0, 0.1) is 0 Å². The molecule has 0 fully saturated rings. The maximum atomic E-state index is 12.0. The normalized spacial score (nSPS) is 10.5. The van der Waals surface area contributed by atoms with E-state index < -0.39 is 0 Å². The molecule has 1 amide bonds. The molecule has 6 heteroatoms. The van der Waals surface area contributed by atoms with Gasteiger partial charge in [-0.15, -0.1) is 11.3 Å². The zero-order valence-electron chi connectivity index (χ0n) is 11.7. The summed E-state index contributed by atoms with van der Waals surface area (Å²) in [5.41, 5.74) is 1.22. The second-order valence-electron chi connectivity index (χ2n) is 4.73. The molecule has 0 unspecified atom stereocenters. The van der Waals surface area contributed by atoms with E-state index in [0.717, 1.165) is 10.4 Å². The first-order chi connectivity index (χ1) is 10.7. The third-order valence-corrected chi connectivity index (χ3v) is 4.00. The summed E-state index contributed by atoms with van der Waals surface area (Å²) < 4.78 is 5.18. The monoisotopic (exact) mass is 314 g/mol. The summed E-state index contributed by atoms with van der Waals surface area (Å²) in [6.45, 7) is 0.462. The van der Waals surface area contributed by atoms with Crippen LogP contribution in [-0.4, -0.2) is 22.7 Å². The van der Waals surface area contributed by atoms with E-state index in [2.05, 4.69) is 10.5 Å². The van der Waals surface area contributed by atoms with Crippen LogP contribution in [0.1, 0.15) is 16.1 Å². The minimum absolute atomic E-state index is 0.223. The van der Waals surface area contributed by atoms with E-state index in [1.807, 2.05) is 23.6 Å². The standard InChI is InChI=1S/C16H14N2O3S/c19-12-4-1-3-11(9-12)6-7-17-16(20)13-10-14(21-18-13)15-5-2-8-22-15/h1-5,8-10,19H,6-7H2,(H,17,20). The Morgan fingerprint density at radius 2 is 2.18 bits per heavy atom. The van der Waals surface area contributed by atoms with Crippen LogP contribution in [0.5, 0.6) is 5.75 Å². The zero-order valence-corrected chi connectivity index (χ0v) is 12.5. The van der Waals surface area contributed by atoms with Gasteiger partial charge in [-0.2, -0.15) is 0 Å². The van der Waals surface area contributed by atoms with Crippen molar-refractivity contribution >= 4 is 17.2 Å². The lowest BCUT2D eigenvalue weighted by atomic mass is 10.1. The summed E-state index contributed by atoms with van der Waals surface area (Å²) in [6.07, 6.45) is 0.635. The number of aromatic hydroxyl groups is 1. The van der Waals surface area contributed by atoms with Gasteiger partial charge in [0.25, 0.3) is 5.91 Å². The van der Waals surface area contributed by atoms with Crippen LogP contribution in [0.3, 0.4) is 0 Å². The van der Waals surface area contributed by atoms with Crippen LogP contribution in [-0.2, 0) is 6.42 Å². The van der Waals surface area contributed by atoms with Crippen molar-refractivity contribution in [1.82, 2.24) is 10.5 Å².